The molecule has 82 valence electrons. The number of allylic oxidation sites excluding steroid dienone is 1. The van der Waals surface area contributed by atoms with Crippen LogP contribution in [-0.4, -0.2) is 22.4 Å². The average Bonchev–Trinajstić information content (AvgIpc) is 2.20. The van der Waals surface area contributed by atoms with Gasteiger partial charge in [0.15, 0.2) is 0 Å². The highest BCUT2D eigenvalue weighted by atomic mass is 16.3. The number of hydrogen-bond donors (Lipinski definition) is 2. The molecule has 0 saturated carbocycles. The highest BCUT2D eigenvalue weighted by Crippen LogP contribution is 2.45. The van der Waals surface area contributed by atoms with E-state index in [9.17, 15) is 10.2 Å². The molecule has 0 saturated heterocycles. The van der Waals surface area contributed by atoms with Crippen LogP contribution in [0.1, 0.15) is 40.5 Å². The first-order chi connectivity index (χ1) is 6.35. The summed E-state index contributed by atoms with van der Waals surface area (Å²) in [6.45, 7) is 8.21. The molecule has 2 nitrogen and oxygen atoms in total. The summed E-state index contributed by atoms with van der Waals surface area (Å²) in [5.41, 5.74) is 1.34. The lowest BCUT2D eigenvalue weighted by Crippen LogP contribution is -2.28. The summed E-state index contributed by atoms with van der Waals surface area (Å²) in [7, 11) is 0. The first kappa shape index (κ1) is 11.7. The Morgan fingerprint density at radius 1 is 1.50 bits per heavy atom. The van der Waals surface area contributed by atoms with Crippen molar-refractivity contribution in [2.75, 3.05) is 0 Å². The molecule has 2 heteroatoms. The third kappa shape index (κ3) is 2.18. The Bertz CT molecular complexity index is 228. The third-order valence-corrected chi connectivity index (χ3v) is 3.67. The normalized spacial score (nSPS) is 32.9. The van der Waals surface area contributed by atoms with E-state index < -0.39 is 0 Å². The van der Waals surface area contributed by atoms with Crippen LogP contribution >= 0.6 is 0 Å². The largest absolute Gasteiger partial charge is 0.393 e. The second-order valence-corrected chi connectivity index (χ2v) is 5.09. The molecule has 1 aliphatic carbocycles. The second-order valence-electron chi connectivity index (χ2n) is 5.09. The lowest BCUT2D eigenvalue weighted by atomic mass is 9.74. The van der Waals surface area contributed by atoms with Crippen molar-refractivity contribution in [1.82, 2.24) is 0 Å². The molecule has 2 N–H and O–H groups in total. The van der Waals surface area contributed by atoms with Crippen molar-refractivity contribution in [3.05, 3.63) is 11.6 Å². The van der Waals surface area contributed by atoms with E-state index in [0.29, 0.717) is 0 Å². The fourth-order valence-electron chi connectivity index (χ4n) is 2.26. The van der Waals surface area contributed by atoms with Gasteiger partial charge in [-0.1, -0.05) is 25.5 Å². The van der Waals surface area contributed by atoms with Crippen LogP contribution in [0.15, 0.2) is 11.6 Å². The van der Waals surface area contributed by atoms with Gasteiger partial charge in [-0.3, -0.25) is 0 Å². The van der Waals surface area contributed by atoms with Gasteiger partial charge in [0, 0.05) is 0 Å². The Morgan fingerprint density at radius 2 is 2.07 bits per heavy atom. The van der Waals surface area contributed by atoms with Crippen LogP contribution in [0.4, 0.5) is 0 Å². The molecule has 0 aromatic rings. The number of aliphatic hydroxyl groups is 2. The van der Waals surface area contributed by atoms with Gasteiger partial charge in [0.2, 0.25) is 0 Å². The third-order valence-electron chi connectivity index (χ3n) is 3.67. The average molecular weight is 198 g/mol. The predicted octanol–water partition coefficient (Wildman–Crippen LogP) is 2.11. The standard InChI is InChI=1S/C12H22O2/c1-8-7-11(14)10(12(8,3)4)6-5-9(2)13/h7,9-11,13-14H,5-6H2,1-4H3. The molecule has 0 heterocycles. The molecule has 0 fully saturated rings. The number of aliphatic hydroxyl groups excluding tert-OH is 2. The first-order valence-electron chi connectivity index (χ1n) is 5.40. The van der Waals surface area contributed by atoms with Crippen molar-refractivity contribution in [3.63, 3.8) is 0 Å². The molecule has 1 rings (SSSR count). The zero-order chi connectivity index (χ0) is 10.9. The quantitative estimate of drug-likeness (QED) is 0.682. The van der Waals surface area contributed by atoms with E-state index in [2.05, 4.69) is 20.8 Å². The summed E-state index contributed by atoms with van der Waals surface area (Å²) in [5, 5.41) is 19.1. The first-order valence-corrected chi connectivity index (χ1v) is 5.40. The molecule has 0 aromatic carbocycles. The lowest BCUT2D eigenvalue weighted by molar-refractivity contribution is 0.0841. The summed E-state index contributed by atoms with van der Waals surface area (Å²) < 4.78 is 0. The molecule has 14 heavy (non-hydrogen) atoms. The van der Waals surface area contributed by atoms with E-state index in [1.165, 1.54) is 5.57 Å². The van der Waals surface area contributed by atoms with Gasteiger partial charge < -0.3 is 10.2 Å². The highest BCUT2D eigenvalue weighted by molar-refractivity contribution is 5.22. The molecule has 0 amide bonds. The van der Waals surface area contributed by atoms with Crippen LogP contribution in [0.25, 0.3) is 0 Å². The van der Waals surface area contributed by atoms with E-state index in [0.717, 1.165) is 12.8 Å². The summed E-state index contributed by atoms with van der Waals surface area (Å²) in [5.74, 6) is 0.261. The maximum absolute atomic E-state index is 9.85. The Hall–Kier alpha value is -0.340. The van der Waals surface area contributed by atoms with Crippen molar-refractivity contribution < 1.29 is 10.2 Å². The Kier molecular flexibility index (Phi) is 3.38. The number of rotatable bonds is 3. The molecular weight excluding hydrogens is 176 g/mol. The Balaban J connectivity index is 2.62. The van der Waals surface area contributed by atoms with Crippen molar-refractivity contribution in [1.29, 1.82) is 0 Å². The van der Waals surface area contributed by atoms with Crippen molar-refractivity contribution in [3.8, 4) is 0 Å². The van der Waals surface area contributed by atoms with Crippen molar-refractivity contribution in [2.24, 2.45) is 11.3 Å². The zero-order valence-corrected chi connectivity index (χ0v) is 9.62. The van der Waals surface area contributed by atoms with E-state index in [4.69, 9.17) is 0 Å². The summed E-state index contributed by atoms with van der Waals surface area (Å²) in [6, 6.07) is 0. The van der Waals surface area contributed by atoms with Crippen molar-refractivity contribution in [2.45, 2.75) is 52.7 Å². The van der Waals surface area contributed by atoms with Crippen LogP contribution in [0.5, 0.6) is 0 Å². The number of hydrogen-bond acceptors (Lipinski definition) is 2. The van der Waals surface area contributed by atoms with Crippen LogP contribution in [0, 0.1) is 11.3 Å². The van der Waals surface area contributed by atoms with Crippen LogP contribution < -0.4 is 0 Å². The molecule has 1 aliphatic rings. The molecule has 0 aliphatic heterocycles. The molecule has 0 bridgehead atoms. The zero-order valence-electron chi connectivity index (χ0n) is 9.62. The van der Waals surface area contributed by atoms with Gasteiger partial charge in [-0.2, -0.15) is 0 Å². The van der Waals surface area contributed by atoms with Gasteiger partial charge >= 0.3 is 0 Å². The van der Waals surface area contributed by atoms with Crippen LogP contribution in [0.3, 0.4) is 0 Å². The minimum atomic E-state index is -0.330. The molecule has 0 spiro atoms. The SMILES string of the molecule is CC1=CC(O)C(CCC(C)O)C1(C)C. The molecule has 3 atom stereocenters. The monoisotopic (exact) mass is 198 g/mol. The minimum absolute atomic E-state index is 0.0777. The van der Waals surface area contributed by atoms with E-state index in [1.54, 1.807) is 6.92 Å². The Labute approximate surface area is 86.6 Å². The smallest absolute Gasteiger partial charge is 0.0759 e. The van der Waals surface area contributed by atoms with Gasteiger partial charge in [0.05, 0.1) is 12.2 Å². The summed E-state index contributed by atoms with van der Waals surface area (Å²) >= 11 is 0. The highest BCUT2D eigenvalue weighted by Gasteiger charge is 2.40. The maximum Gasteiger partial charge on any atom is 0.0759 e. The van der Waals surface area contributed by atoms with Gasteiger partial charge in [-0.05, 0) is 38.0 Å². The van der Waals surface area contributed by atoms with E-state index in [-0.39, 0.29) is 23.5 Å². The second kappa shape index (κ2) is 4.03. The predicted molar refractivity (Wildman–Crippen MR) is 57.9 cm³/mol. The molecule has 3 unspecified atom stereocenters. The topological polar surface area (TPSA) is 40.5 Å². The van der Waals surface area contributed by atoms with Crippen LogP contribution in [0.2, 0.25) is 0 Å². The van der Waals surface area contributed by atoms with Crippen molar-refractivity contribution >= 4 is 0 Å². The molecule has 0 aromatic heterocycles. The fourth-order valence-corrected chi connectivity index (χ4v) is 2.26. The van der Waals surface area contributed by atoms with Gasteiger partial charge in [0.1, 0.15) is 0 Å². The molecule has 0 radical (unpaired) electrons. The minimum Gasteiger partial charge on any atom is -0.393 e. The lowest BCUT2D eigenvalue weighted by Gasteiger charge is -2.31. The summed E-state index contributed by atoms with van der Waals surface area (Å²) in [6.07, 6.45) is 3.02. The van der Waals surface area contributed by atoms with Gasteiger partial charge in [-0.25, -0.2) is 0 Å². The Morgan fingerprint density at radius 3 is 2.43 bits per heavy atom. The molecular formula is C12H22O2. The van der Waals surface area contributed by atoms with E-state index >= 15 is 0 Å². The summed E-state index contributed by atoms with van der Waals surface area (Å²) in [4.78, 5) is 0. The van der Waals surface area contributed by atoms with Crippen LogP contribution in [-0.2, 0) is 0 Å². The van der Waals surface area contributed by atoms with E-state index in [1.807, 2.05) is 6.08 Å². The fraction of sp³-hybridized carbons (Fsp3) is 0.833. The maximum atomic E-state index is 9.85. The van der Waals surface area contributed by atoms with Gasteiger partial charge in [0.25, 0.3) is 0 Å². The van der Waals surface area contributed by atoms with Gasteiger partial charge in [-0.15, -0.1) is 0 Å².